The lowest BCUT2D eigenvalue weighted by atomic mass is 9.50. The maximum atomic E-state index is 12.8. The van der Waals surface area contributed by atoms with E-state index in [1.54, 1.807) is 0 Å². The Morgan fingerprint density at radius 3 is 2.47 bits per heavy atom. The molecule has 0 heterocycles. The van der Waals surface area contributed by atoms with Crippen LogP contribution in [-0.4, -0.2) is 36.1 Å². The third-order valence-corrected chi connectivity index (χ3v) is 5.28. The van der Waals surface area contributed by atoms with Crippen molar-refractivity contribution in [1.29, 1.82) is 0 Å². The molecule has 4 rings (SSSR count). The maximum absolute atomic E-state index is 12.8. The van der Waals surface area contributed by atoms with Crippen molar-refractivity contribution >= 4 is 5.97 Å². The maximum Gasteiger partial charge on any atom is 0.343 e. The minimum atomic E-state index is -2.19. The highest BCUT2D eigenvalue weighted by molar-refractivity contribution is 5.74. The summed E-state index contributed by atoms with van der Waals surface area (Å²) in [6.07, 6.45) is 2.70. The lowest BCUT2D eigenvalue weighted by Gasteiger charge is -2.58. The zero-order chi connectivity index (χ0) is 13.6. The van der Waals surface area contributed by atoms with Crippen molar-refractivity contribution < 1.29 is 23.4 Å². The van der Waals surface area contributed by atoms with Gasteiger partial charge in [0, 0.05) is 5.92 Å². The summed E-state index contributed by atoms with van der Waals surface area (Å²) in [5, 5.41) is 10.7. The summed E-state index contributed by atoms with van der Waals surface area (Å²) in [4.78, 5) is 11.2. The number of rotatable bonds is 4. The first kappa shape index (κ1) is 13.3. The zero-order valence-electron chi connectivity index (χ0n) is 10.9. The summed E-state index contributed by atoms with van der Waals surface area (Å²) >= 11 is 0. The van der Waals surface area contributed by atoms with E-state index < -0.39 is 24.4 Å². The molecule has 19 heavy (non-hydrogen) atoms. The van der Waals surface area contributed by atoms with E-state index in [0.29, 0.717) is 17.8 Å². The van der Waals surface area contributed by atoms with Crippen molar-refractivity contribution in [1.82, 2.24) is 0 Å². The van der Waals surface area contributed by atoms with E-state index in [0.717, 1.165) is 25.7 Å². The summed E-state index contributed by atoms with van der Waals surface area (Å²) < 4.78 is 29.7. The highest BCUT2D eigenvalue weighted by Crippen LogP contribution is 2.58. The molecule has 0 aromatic heterocycles. The molecule has 3 nitrogen and oxygen atoms in total. The quantitative estimate of drug-likeness (QED) is 0.798. The number of hydrogen-bond acceptors (Lipinski definition) is 3. The molecule has 4 unspecified atom stereocenters. The fraction of sp³-hybridized carbons (Fsp3) is 0.929. The van der Waals surface area contributed by atoms with Crippen LogP contribution in [0, 0.1) is 23.7 Å². The predicted molar refractivity (Wildman–Crippen MR) is 63.8 cm³/mol. The number of aliphatic hydroxyl groups is 1. The molecule has 0 aromatic rings. The molecular weight excluding hydrogens is 254 g/mol. The van der Waals surface area contributed by atoms with Gasteiger partial charge < -0.3 is 9.84 Å². The number of alkyl halides is 2. The van der Waals surface area contributed by atoms with Gasteiger partial charge in [-0.25, -0.2) is 13.6 Å². The molecule has 0 spiro atoms. The number of halogens is 2. The second-order valence-electron chi connectivity index (χ2n) is 6.57. The van der Waals surface area contributed by atoms with Gasteiger partial charge in [0.05, 0.1) is 12.2 Å². The third-order valence-electron chi connectivity index (χ3n) is 5.28. The molecule has 0 amide bonds. The van der Waals surface area contributed by atoms with E-state index in [1.165, 1.54) is 6.42 Å². The number of ether oxygens (including phenoxy) is 1. The number of carbonyl (C=O) groups excluding carboxylic acids is 1. The second-order valence-corrected chi connectivity index (χ2v) is 6.57. The fourth-order valence-electron chi connectivity index (χ4n) is 4.72. The molecular formula is C14H20F2O3. The van der Waals surface area contributed by atoms with E-state index in [1.807, 2.05) is 0 Å². The van der Waals surface area contributed by atoms with Crippen molar-refractivity contribution in [3.63, 3.8) is 0 Å². The predicted octanol–water partition coefficient (Wildman–Crippen LogP) is 2.02. The lowest BCUT2D eigenvalue weighted by Crippen LogP contribution is -2.58. The van der Waals surface area contributed by atoms with Crippen molar-refractivity contribution in [2.75, 3.05) is 13.3 Å². The highest BCUT2D eigenvalue weighted by atomic mass is 19.2. The van der Waals surface area contributed by atoms with Gasteiger partial charge in [0.25, 0.3) is 0 Å². The lowest BCUT2D eigenvalue weighted by molar-refractivity contribution is -0.192. The molecule has 0 aromatic carbocycles. The van der Waals surface area contributed by atoms with E-state index in [2.05, 4.69) is 0 Å². The standard InChI is InChI=1S/C14H20F2O3/c15-6-12(16)13(17)19-7-11-10-2-8-1-9(3-10)5-14(11,18)4-8/h8-12,18H,1-7H2. The Morgan fingerprint density at radius 2 is 1.95 bits per heavy atom. The summed E-state index contributed by atoms with van der Waals surface area (Å²) in [7, 11) is 0. The van der Waals surface area contributed by atoms with Crippen LogP contribution in [-0.2, 0) is 9.53 Å². The van der Waals surface area contributed by atoms with Gasteiger partial charge in [-0.2, -0.15) is 0 Å². The molecule has 4 saturated carbocycles. The van der Waals surface area contributed by atoms with Gasteiger partial charge in [-0.05, 0) is 49.9 Å². The van der Waals surface area contributed by atoms with E-state index in [-0.39, 0.29) is 12.5 Å². The topological polar surface area (TPSA) is 46.5 Å². The zero-order valence-corrected chi connectivity index (χ0v) is 10.9. The van der Waals surface area contributed by atoms with Crippen LogP contribution in [0.15, 0.2) is 0 Å². The fourth-order valence-corrected chi connectivity index (χ4v) is 4.72. The summed E-state index contributed by atoms with van der Waals surface area (Å²) in [6, 6.07) is 0. The first-order chi connectivity index (χ1) is 9.01. The molecule has 4 atom stereocenters. The molecule has 4 fully saturated rings. The van der Waals surface area contributed by atoms with Crippen LogP contribution in [0.1, 0.15) is 32.1 Å². The Morgan fingerprint density at radius 1 is 1.32 bits per heavy atom. The Kier molecular flexibility index (Phi) is 3.28. The number of esters is 1. The highest BCUT2D eigenvalue weighted by Gasteiger charge is 2.56. The van der Waals surface area contributed by atoms with Gasteiger partial charge in [0.2, 0.25) is 6.17 Å². The second kappa shape index (κ2) is 4.69. The van der Waals surface area contributed by atoms with Gasteiger partial charge in [-0.3, -0.25) is 0 Å². The average Bonchev–Trinajstić information content (AvgIpc) is 2.34. The van der Waals surface area contributed by atoms with Crippen molar-refractivity contribution in [2.24, 2.45) is 23.7 Å². The van der Waals surface area contributed by atoms with Gasteiger partial charge in [-0.15, -0.1) is 0 Å². The van der Waals surface area contributed by atoms with Crippen LogP contribution in [0.4, 0.5) is 8.78 Å². The Labute approximate surface area is 111 Å². The Balaban J connectivity index is 1.63. The van der Waals surface area contributed by atoms with Crippen LogP contribution >= 0.6 is 0 Å². The summed E-state index contributed by atoms with van der Waals surface area (Å²) in [5.74, 6) is 0.312. The molecule has 1 N–H and O–H groups in total. The molecule has 108 valence electrons. The SMILES string of the molecule is O=C(OCC1C2CC3CC(C2)CC1(O)C3)C(F)CF. The number of hydrogen-bond donors (Lipinski definition) is 1. The largest absolute Gasteiger partial charge is 0.463 e. The summed E-state index contributed by atoms with van der Waals surface area (Å²) in [6.45, 7) is -1.32. The monoisotopic (exact) mass is 274 g/mol. The minimum Gasteiger partial charge on any atom is -0.463 e. The average molecular weight is 274 g/mol. The molecule has 0 saturated heterocycles. The molecule has 4 aliphatic rings. The smallest absolute Gasteiger partial charge is 0.343 e. The van der Waals surface area contributed by atoms with Crippen molar-refractivity contribution in [2.45, 2.75) is 43.9 Å². The van der Waals surface area contributed by atoms with Crippen molar-refractivity contribution in [3.8, 4) is 0 Å². The van der Waals surface area contributed by atoms with Crippen LogP contribution in [0.25, 0.3) is 0 Å². The molecule has 4 aliphatic carbocycles. The molecule has 4 bridgehead atoms. The minimum absolute atomic E-state index is 0.0276. The first-order valence-corrected chi connectivity index (χ1v) is 7.11. The normalized spacial score (nSPS) is 45.2. The van der Waals surface area contributed by atoms with Crippen LogP contribution in [0.3, 0.4) is 0 Å². The Bertz CT molecular complexity index is 360. The molecule has 0 aliphatic heterocycles. The van der Waals surface area contributed by atoms with Gasteiger partial charge in [0.1, 0.15) is 6.67 Å². The van der Waals surface area contributed by atoms with E-state index in [9.17, 15) is 18.7 Å². The van der Waals surface area contributed by atoms with Crippen LogP contribution < -0.4 is 0 Å². The molecule has 5 heteroatoms. The van der Waals surface area contributed by atoms with E-state index >= 15 is 0 Å². The van der Waals surface area contributed by atoms with Crippen LogP contribution in [0.2, 0.25) is 0 Å². The molecule has 0 radical (unpaired) electrons. The number of carbonyl (C=O) groups is 1. The van der Waals surface area contributed by atoms with Gasteiger partial charge >= 0.3 is 5.97 Å². The summed E-state index contributed by atoms with van der Waals surface area (Å²) in [5.41, 5.74) is -0.753. The Hall–Kier alpha value is -0.710. The third kappa shape index (κ3) is 2.26. The van der Waals surface area contributed by atoms with E-state index in [4.69, 9.17) is 4.74 Å². The first-order valence-electron chi connectivity index (χ1n) is 7.11. The van der Waals surface area contributed by atoms with Crippen molar-refractivity contribution in [3.05, 3.63) is 0 Å². The van der Waals surface area contributed by atoms with Gasteiger partial charge in [0.15, 0.2) is 0 Å². The van der Waals surface area contributed by atoms with Gasteiger partial charge in [-0.1, -0.05) is 0 Å². The van der Waals surface area contributed by atoms with Crippen LogP contribution in [0.5, 0.6) is 0 Å².